The van der Waals surface area contributed by atoms with E-state index in [0.717, 1.165) is 12.0 Å². The van der Waals surface area contributed by atoms with Crippen molar-refractivity contribution in [2.45, 2.75) is 46.2 Å². The van der Waals surface area contributed by atoms with Crippen LogP contribution in [0.3, 0.4) is 0 Å². The van der Waals surface area contributed by atoms with E-state index in [2.05, 4.69) is 17.3 Å². The topological polar surface area (TPSA) is 90.3 Å². The van der Waals surface area contributed by atoms with Crippen LogP contribution in [0.4, 0.5) is 0 Å². The zero-order valence-electron chi connectivity index (χ0n) is 15.9. The lowest BCUT2D eigenvalue weighted by molar-refractivity contribution is -0.124. The third-order valence-corrected chi connectivity index (χ3v) is 4.11. The molecule has 1 N–H and O–H groups in total. The van der Waals surface area contributed by atoms with Crippen LogP contribution in [0.15, 0.2) is 41.2 Å². The zero-order valence-corrected chi connectivity index (χ0v) is 15.9. The average Bonchev–Trinajstić information content (AvgIpc) is 2.68. The molecule has 7 heteroatoms. The van der Waals surface area contributed by atoms with E-state index in [9.17, 15) is 14.4 Å². The fraction of sp³-hybridized carbons (Fsp3) is 0.400. The highest BCUT2D eigenvalue weighted by Crippen LogP contribution is 2.13. The smallest absolute Gasteiger partial charge is 0.359 e. The van der Waals surface area contributed by atoms with Crippen molar-refractivity contribution in [3.8, 4) is 0 Å². The third-order valence-electron chi connectivity index (χ3n) is 4.11. The third kappa shape index (κ3) is 5.77. The standard InChI is InChI=1S/C20H25N3O4/c1-4-12-23-19(25)11-10-17(22-23)20(26)27-13-18(24)21-14(3)16-8-6-15(5-2)7-9-16/h6-11,14H,4-5,12-13H2,1-3H3,(H,21,24). The average molecular weight is 371 g/mol. The quantitative estimate of drug-likeness (QED) is 0.719. The maximum absolute atomic E-state index is 12.1. The molecular formula is C20H25N3O4. The lowest BCUT2D eigenvalue weighted by Crippen LogP contribution is -2.31. The van der Waals surface area contributed by atoms with Crippen LogP contribution in [-0.4, -0.2) is 28.3 Å². The number of benzene rings is 1. The van der Waals surface area contributed by atoms with Crippen molar-refractivity contribution in [3.63, 3.8) is 0 Å². The van der Waals surface area contributed by atoms with Gasteiger partial charge in [0.05, 0.1) is 6.04 Å². The molecule has 1 unspecified atom stereocenters. The minimum Gasteiger partial charge on any atom is -0.451 e. The number of rotatable bonds is 8. The number of nitrogens with zero attached hydrogens (tertiary/aromatic N) is 2. The summed E-state index contributed by atoms with van der Waals surface area (Å²) in [5.41, 5.74) is 1.91. The van der Waals surface area contributed by atoms with E-state index in [1.54, 1.807) is 0 Å². The first-order valence-electron chi connectivity index (χ1n) is 9.08. The van der Waals surface area contributed by atoms with Crippen molar-refractivity contribution in [1.82, 2.24) is 15.1 Å². The summed E-state index contributed by atoms with van der Waals surface area (Å²) < 4.78 is 6.21. The molecule has 2 aromatic rings. The Hall–Kier alpha value is -2.96. The number of esters is 1. The van der Waals surface area contributed by atoms with Gasteiger partial charge in [0.25, 0.3) is 11.5 Å². The van der Waals surface area contributed by atoms with Crippen molar-refractivity contribution in [2.75, 3.05) is 6.61 Å². The number of ether oxygens (including phenoxy) is 1. The predicted octanol–water partition coefficient (Wildman–Crippen LogP) is 2.25. The zero-order chi connectivity index (χ0) is 19.8. The van der Waals surface area contributed by atoms with Crippen molar-refractivity contribution < 1.29 is 14.3 Å². The Morgan fingerprint density at radius 1 is 1.15 bits per heavy atom. The highest BCUT2D eigenvalue weighted by Gasteiger charge is 2.15. The number of aryl methyl sites for hydroxylation is 2. The van der Waals surface area contributed by atoms with Gasteiger partial charge in [0, 0.05) is 12.6 Å². The Morgan fingerprint density at radius 2 is 1.85 bits per heavy atom. The predicted molar refractivity (Wildman–Crippen MR) is 101 cm³/mol. The summed E-state index contributed by atoms with van der Waals surface area (Å²) in [7, 11) is 0. The first kappa shape index (κ1) is 20.4. The van der Waals surface area contributed by atoms with Gasteiger partial charge in [0.15, 0.2) is 12.3 Å². The Labute approximate surface area is 158 Å². The van der Waals surface area contributed by atoms with Crippen molar-refractivity contribution in [3.05, 3.63) is 63.6 Å². The van der Waals surface area contributed by atoms with E-state index in [4.69, 9.17) is 4.74 Å². The number of hydrogen-bond donors (Lipinski definition) is 1. The molecule has 0 aliphatic rings. The fourth-order valence-corrected chi connectivity index (χ4v) is 2.54. The van der Waals surface area contributed by atoms with E-state index in [1.165, 1.54) is 22.4 Å². The molecule has 1 heterocycles. The van der Waals surface area contributed by atoms with Crippen LogP contribution in [0, 0.1) is 0 Å². The number of amides is 1. The van der Waals surface area contributed by atoms with Crippen molar-refractivity contribution >= 4 is 11.9 Å². The minimum absolute atomic E-state index is 0.000877. The molecule has 7 nitrogen and oxygen atoms in total. The summed E-state index contributed by atoms with van der Waals surface area (Å²) in [6, 6.07) is 10.3. The van der Waals surface area contributed by atoms with Gasteiger partial charge in [-0.3, -0.25) is 9.59 Å². The van der Waals surface area contributed by atoms with Gasteiger partial charge in [0.2, 0.25) is 0 Å². The summed E-state index contributed by atoms with van der Waals surface area (Å²) in [6.07, 6.45) is 1.67. The van der Waals surface area contributed by atoms with Crippen molar-refractivity contribution in [1.29, 1.82) is 0 Å². The molecule has 0 aliphatic carbocycles. The van der Waals surface area contributed by atoms with Crippen LogP contribution < -0.4 is 10.9 Å². The molecule has 1 aromatic carbocycles. The van der Waals surface area contributed by atoms with Crippen LogP contribution in [-0.2, 0) is 22.5 Å². The molecule has 2 rings (SSSR count). The minimum atomic E-state index is -0.741. The summed E-state index contributed by atoms with van der Waals surface area (Å²) in [6.45, 7) is 5.85. The summed E-state index contributed by atoms with van der Waals surface area (Å²) in [4.78, 5) is 35.7. The number of carbonyl (C=O) groups excluding carboxylic acids is 2. The molecule has 0 aliphatic heterocycles. The Bertz CT molecular complexity index is 843. The van der Waals surface area contributed by atoms with Gasteiger partial charge in [-0.1, -0.05) is 38.1 Å². The van der Waals surface area contributed by atoms with Crippen LogP contribution in [0.25, 0.3) is 0 Å². The first-order chi connectivity index (χ1) is 12.9. The maximum Gasteiger partial charge on any atom is 0.359 e. The van der Waals surface area contributed by atoms with Gasteiger partial charge in [-0.15, -0.1) is 0 Å². The van der Waals surface area contributed by atoms with E-state index >= 15 is 0 Å². The van der Waals surface area contributed by atoms with E-state index in [0.29, 0.717) is 13.0 Å². The summed E-state index contributed by atoms with van der Waals surface area (Å²) >= 11 is 0. The van der Waals surface area contributed by atoms with Gasteiger partial charge >= 0.3 is 5.97 Å². The van der Waals surface area contributed by atoms with Gasteiger partial charge in [-0.2, -0.15) is 5.10 Å². The fourth-order valence-electron chi connectivity index (χ4n) is 2.54. The van der Waals surface area contributed by atoms with E-state index in [-0.39, 0.29) is 17.3 Å². The summed E-state index contributed by atoms with van der Waals surface area (Å²) in [5, 5.41) is 6.75. The SMILES string of the molecule is CCCn1nc(C(=O)OCC(=O)NC(C)c2ccc(CC)cc2)ccc1=O. The molecule has 1 amide bonds. The second kappa shape index (κ2) is 9.66. The van der Waals surface area contributed by atoms with Gasteiger partial charge in [0.1, 0.15) is 0 Å². The van der Waals surface area contributed by atoms with E-state index < -0.39 is 18.5 Å². The molecule has 0 fully saturated rings. The molecule has 1 atom stereocenters. The largest absolute Gasteiger partial charge is 0.451 e. The molecule has 0 saturated heterocycles. The highest BCUT2D eigenvalue weighted by molar-refractivity contribution is 5.89. The number of hydrogen-bond acceptors (Lipinski definition) is 5. The Balaban J connectivity index is 1.89. The molecule has 144 valence electrons. The molecule has 27 heavy (non-hydrogen) atoms. The molecule has 0 bridgehead atoms. The molecule has 0 saturated carbocycles. The molecular weight excluding hydrogens is 346 g/mol. The number of aromatic nitrogens is 2. The highest BCUT2D eigenvalue weighted by atomic mass is 16.5. The molecule has 0 spiro atoms. The first-order valence-corrected chi connectivity index (χ1v) is 9.08. The Morgan fingerprint density at radius 3 is 2.48 bits per heavy atom. The van der Waals surface area contributed by atoms with Gasteiger partial charge in [-0.25, -0.2) is 9.48 Å². The lowest BCUT2D eigenvalue weighted by atomic mass is 10.1. The second-order valence-corrected chi connectivity index (χ2v) is 6.24. The number of nitrogens with one attached hydrogen (secondary N) is 1. The normalized spacial score (nSPS) is 11.7. The lowest BCUT2D eigenvalue weighted by Gasteiger charge is -2.15. The molecule has 0 radical (unpaired) electrons. The van der Waals surface area contributed by atoms with Crippen LogP contribution in [0.2, 0.25) is 0 Å². The van der Waals surface area contributed by atoms with Crippen LogP contribution >= 0.6 is 0 Å². The Kier molecular flexibility index (Phi) is 7.28. The van der Waals surface area contributed by atoms with E-state index in [1.807, 2.05) is 38.1 Å². The van der Waals surface area contributed by atoms with Crippen LogP contribution in [0.1, 0.15) is 54.8 Å². The van der Waals surface area contributed by atoms with Crippen molar-refractivity contribution in [2.24, 2.45) is 0 Å². The van der Waals surface area contributed by atoms with Crippen LogP contribution in [0.5, 0.6) is 0 Å². The maximum atomic E-state index is 12.1. The summed E-state index contributed by atoms with van der Waals surface area (Å²) in [5.74, 6) is -1.15. The van der Waals surface area contributed by atoms with Gasteiger partial charge in [-0.05, 0) is 37.0 Å². The second-order valence-electron chi connectivity index (χ2n) is 6.24. The monoisotopic (exact) mass is 371 g/mol. The number of carbonyl (C=O) groups is 2. The van der Waals surface area contributed by atoms with Gasteiger partial charge < -0.3 is 10.1 Å². The molecule has 1 aromatic heterocycles.